The molecule has 0 aliphatic heterocycles. The maximum Gasteiger partial charge on any atom is 0.338 e. The SMILES string of the molecule is COC(=O)C(C)(Cc1ccc(OCCCc2nc(-c3ccccc3)oc2C)nc1)OC. The van der Waals surface area contributed by atoms with Gasteiger partial charge in [0.15, 0.2) is 5.60 Å². The fourth-order valence-corrected chi connectivity index (χ4v) is 3.21. The first-order valence-corrected chi connectivity index (χ1v) is 10.2. The number of pyridine rings is 1. The summed E-state index contributed by atoms with van der Waals surface area (Å²) in [4.78, 5) is 20.9. The Morgan fingerprint density at radius 2 is 1.90 bits per heavy atom. The van der Waals surface area contributed by atoms with E-state index in [0.717, 1.165) is 35.4 Å². The zero-order valence-corrected chi connectivity index (χ0v) is 18.4. The van der Waals surface area contributed by atoms with Crippen LogP contribution in [0.1, 0.15) is 30.4 Å². The Bertz CT molecular complexity index is 985. The highest BCUT2D eigenvalue weighted by Gasteiger charge is 2.34. The number of carbonyl (C=O) groups excluding carboxylic acids is 1. The van der Waals surface area contributed by atoms with Crippen molar-refractivity contribution in [1.29, 1.82) is 0 Å². The second-order valence-electron chi connectivity index (χ2n) is 7.45. The number of hydrogen-bond donors (Lipinski definition) is 0. The standard InChI is InChI=1S/C24H28N2O5/c1-17-20(26-22(31-17)19-9-6-5-7-10-19)11-8-14-30-21-13-12-18(16-25-21)15-24(2,29-4)23(27)28-3/h5-7,9-10,12-13,16H,8,11,14-15H2,1-4H3. The first-order valence-electron chi connectivity index (χ1n) is 10.2. The molecule has 0 aliphatic rings. The average molecular weight is 424 g/mol. The van der Waals surface area contributed by atoms with E-state index in [4.69, 9.17) is 18.6 Å². The first-order chi connectivity index (χ1) is 14.9. The molecule has 7 nitrogen and oxygen atoms in total. The molecule has 2 heterocycles. The van der Waals surface area contributed by atoms with Crippen molar-refractivity contribution in [1.82, 2.24) is 9.97 Å². The third-order valence-electron chi connectivity index (χ3n) is 5.13. The highest BCUT2D eigenvalue weighted by atomic mass is 16.6. The first kappa shape index (κ1) is 22.5. The predicted molar refractivity (Wildman–Crippen MR) is 116 cm³/mol. The van der Waals surface area contributed by atoms with Crippen LogP contribution in [0.25, 0.3) is 11.5 Å². The number of esters is 1. The summed E-state index contributed by atoms with van der Waals surface area (Å²) in [6, 6.07) is 13.5. The van der Waals surface area contributed by atoms with E-state index >= 15 is 0 Å². The van der Waals surface area contributed by atoms with E-state index in [2.05, 4.69) is 9.97 Å². The van der Waals surface area contributed by atoms with Crippen LogP contribution < -0.4 is 4.74 Å². The van der Waals surface area contributed by atoms with Crippen LogP contribution in [-0.4, -0.2) is 42.4 Å². The fraction of sp³-hybridized carbons (Fsp3) is 0.375. The van der Waals surface area contributed by atoms with Crippen molar-refractivity contribution in [2.75, 3.05) is 20.8 Å². The third-order valence-corrected chi connectivity index (χ3v) is 5.13. The predicted octanol–water partition coefficient (Wildman–Crippen LogP) is 4.18. The Labute approximate surface area is 182 Å². The quantitative estimate of drug-likeness (QED) is 0.357. The van der Waals surface area contributed by atoms with Crippen LogP contribution >= 0.6 is 0 Å². The van der Waals surface area contributed by atoms with Crippen molar-refractivity contribution in [2.24, 2.45) is 0 Å². The van der Waals surface area contributed by atoms with Crippen LogP contribution in [0.2, 0.25) is 0 Å². The maximum absolute atomic E-state index is 11.9. The van der Waals surface area contributed by atoms with E-state index in [1.165, 1.54) is 14.2 Å². The number of ether oxygens (including phenoxy) is 3. The molecule has 164 valence electrons. The zero-order chi connectivity index (χ0) is 22.3. The van der Waals surface area contributed by atoms with E-state index < -0.39 is 11.6 Å². The van der Waals surface area contributed by atoms with Gasteiger partial charge in [0, 0.05) is 31.4 Å². The molecule has 0 aliphatic carbocycles. The lowest BCUT2D eigenvalue weighted by Crippen LogP contribution is -2.40. The Balaban J connectivity index is 1.49. The van der Waals surface area contributed by atoms with Gasteiger partial charge in [-0.15, -0.1) is 0 Å². The summed E-state index contributed by atoms with van der Waals surface area (Å²) in [7, 11) is 2.83. The van der Waals surface area contributed by atoms with Gasteiger partial charge >= 0.3 is 5.97 Å². The lowest BCUT2D eigenvalue weighted by molar-refractivity contribution is -0.163. The molecule has 0 saturated carbocycles. The second kappa shape index (κ2) is 10.2. The van der Waals surface area contributed by atoms with Crippen LogP contribution in [0.4, 0.5) is 0 Å². The number of benzene rings is 1. The zero-order valence-electron chi connectivity index (χ0n) is 18.4. The summed E-state index contributed by atoms with van der Waals surface area (Å²) in [6.45, 7) is 4.13. The molecule has 0 saturated heterocycles. The van der Waals surface area contributed by atoms with Gasteiger partial charge in [-0.3, -0.25) is 0 Å². The summed E-state index contributed by atoms with van der Waals surface area (Å²) in [5, 5.41) is 0. The summed E-state index contributed by atoms with van der Waals surface area (Å²) < 4.78 is 21.7. The molecule has 1 aromatic carbocycles. The maximum atomic E-state index is 11.9. The van der Waals surface area contributed by atoms with Gasteiger partial charge in [-0.05, 0) is 44.4 Å². The van der Waals surface area contributed by atoms with Crippen molar-refractivity contribution < 1.29 is 23.4 Å². The molecule has 3 aromatic rings. The average Bonchev–Trinajstić information content (AvgIpc) is 3.18. The van der Waals surface area contributed by atoms with Gasteiger partial charge in [0.25, 0.3) is 0 Å². The fourth-order valence-electron chi connectivity index (χ4n) is 3.21. The molecule has 7 heteroatoms. The molecule has 0 bridgehead atoms. The number of aryl methyl sites for hydroxylation is 2. The molecule has 0 radical (unpaired) electrons. The largest absolute Gasteiger partial charge is 0.478 e. The minimum atomic E-state index is -1.05. The number of aromatic nitrogens is 2. The molecule has 3 rings (SSSR count). The Morgan fingerprint density at radius 3 is 2.55 bits per heavy atom. The van der Waals surface area contributed by atoms with Crippen molar-refractivity contribution in [3.8, 4) is 17.3 Å². The molecule has 0 fully saturated rings. The van der Waals surface area contributed by atoms with E-state index in [9.17, 15) is 4.79 Å². The molecule has 2 aromatic heterocycles. The monoisotopic (exact) mass is 424 g/mol. The van der Waals surface area contributed by atoms with Crippen LogP contribution in [0, 0.1) is 6.92 Å². The highest BCUT2D eigenvalue weighted by Crippen LogP contribution is 2.22. The number of methoxy groups -OCH3 is 2. The number of carbonyl (C=O) groups is 1. The normalized spacial score (nSPS) is 12.9. The van der Waals surface area contributed by atoms with E-state index in [1.807, 2.05) is 43.3 Å². The highest BCUT2D eigenvalue weighted by molar-refractivity contribution is 5.79. The molecule has 31 heavy (non-hydrogen) atoms. The summed E-state index contributed by atoms with van der Waals surface area (Å²) >= 11 is 0. The van der Waals surface area contributed by atoms with Crippen molar-refractivity contribution in [3.05, 3.63) is 65.7 Å². The van der Waals surface area contributed by atoms with Crippen LogP contribution in [0.15, 0.2) is 53.1 Å². The van der Waals surface area contributed by atoms with Gasteiger partial charge < -0.3 is 18.6 Å². The number of nitrogens with zero attached hydrogens (tertiary/aromatic N) is 2. The van der Waals surface area contributed by atoms with Gasteiger partial charge in [-0.25, -0.2) is 14.8 Å². The van der Waals surface area contributed by atoms with E-state index in [1.54, 1.807) is 19.2 Å². The molecule has 0 spiro atoms. The van der Waals surface area contributed by atoms with Gasteiger partial charge in [0.2, 0.25) is 11.8 Å². The minimum Gasteiger partial charge on any atom is -0.478 e. The van der Waals surface area contributed by atoms with Crippen molar-refractivity contribution >= 4 is 5.97 Å². The Hall–Kier alpha value is -3.19. The van der Waals surface area contributed by atoms with Gasteiger partial charge in [-0.2, -0.15) is 0 Å². The van der Waals surface area contributed by atoms with Crippen LogP contribution in [0.3, 0.4) is 0 Å². The lowest BCUT2D eigenvalue weighted by atomic mass is 9.97. The summed E-state index contributed by atoms with van der Waals surface area (Å²) in [6.07, 6.45) is 3.59. The molecular weight excluding hydrogens is 396 g/mol. The lowest BCUT2D eigenvalue weighted by Gasteiger charge is -2.24. The smallest absolute Gasteiger partial charge is 0.338 e. The van der Waals surface area contributed by atoms with Crippen molar-refractivity contribution in [2.45, 2.75) is 38.7 Å². The van der Waals surface area contributed by atoms with E-state index in [-0.39, 0.29) is 0 Å². The number of oxazole rings is 1. The van der Waals surface area contributed by atoms with Gasteiger partial charge in [-0.1, -0.05) is 24.3 Å². The second-order valence-corrected chi connectivity index (χ2v) is 7.45. The third kappa shape index (κ3) is 5.70. The number of rotatable bonds is 10. The molecule has 0 N–H and O–H groups in total. The topological polar surface area (TPSA) is 83.7 Å². The molecule has 0 amide bonds. The van der Waals surface area contributed by atoms with E-state index in [0.29, 0.717) is 24.8 Å². The molecule has 1 atom stereocenters. The molecule has 1 unspecified atom stereocenters. The Morgan fingerprint density at radius 1 is 1.13 bits per heavy atom. The minimum absolute atomic E-state index is 0.360. The van der Waals surface area contributed by atoms with Crippen LogP contribution in [0.5, 0.6) is 5.88 Å². The summed E-state index contributed by atoms with van der Waals surface area (Å²) in [5.74, 6) is 1.58. The Kier molecular flexibility index (Phi) is 7.41. The summed E-state index contributed by atoms with van der Waals surface area (Å²) in [5.41, 5.74) is 1.71. The van der Waals surface area contributed by atoms with Gasteiger partial charge in [0.05, 0.1) is 19.4 Å². The van der Waals surface area contributed by atoms with Crippen LogP contribution in [-0.2, 0) is 27.1 Å². The number of hydrogen-bond acceptors (Lipinski definition) is 7. The van der Waals surface area contributed by atoms with Crippen molar-refractivity contribution in [3.63, 3.8) is 0 Å². The molecular formula is C24H28N2O5. The van der Waals surface area contributed by atoms with Gasteiger partial charge in [0.1, 0.15) is 5.76 Å².